The molecule has 0 spiro atoms. The van der Waals surface area contributed by atoms with Crippen LogP contribution in [0.25, 0.3) is 11.3 Å². The summed E-state index contributed by atoms with van der Waals surface area (Å²) < 4.78 is 11.4. The lowest BCUT2D eigenvalue weighted by molar-refractivity contribution is 0.122. The Hall–Kier alpha value is -3.17. The van der Waals surface area contributed by atoms with Gasteiger partial charge in [0.2, 0.25) is 17.8 Å². The fraction of sp³-hybridized carbons (Fsp3) is 0.391. The summed E-state index contributed by atoms with van der Waals surface area (Å²) >= 11 is 6.14. The molecule has 0 unspecified atom stereocenters. The molecule has 0 atom stereocenters. The van der Waals surface area contributed by atoms with Crippen LogP contribution < -0.4 is 15.2 Å². The van der Waals surface area contributed by atoms with Crippen molar-refractivity contribution in [1.29, 1.82) is 0 Å². The summed E-state index contributed by atoms with van der Waals surface area (Å²) in [6, 6.07) is 9.51. The molecule has 0 radical (unpaired) electrons. The van der Waals surface area contributed by atoms with Crippen LogP contribution in [0.4, 0.5) is 17.8 Å². The minimum Gasteiger partial charge on any atom is -0.455 e. The van der Waals surface area contributed by atoms with Crippen LogP contribution in [0.2, 0.25) is 5.02 Å². The molecule has 10 heteroatoms. The lowest BCUT2D eigenvalue weighted by Crippen LogP contribution is -2.38. The van der Waals surface area contributed by atoms with E-state index in [0.717, 1.165) is 55.9 Å². The number of hydrogen-bond donors (Lipinski definition) is 1. The summed E-state index contributed by atoms with van der Waals surface area (Å²) in [5, 5.41) is 4.97. The van der Waals surface area contributed by atoms with E-state index in [2.05, 4.69) is 30.3 Å². The van der Waals surface area contributed by atoms with Gasteiger partial charge in [-0.05, 0) is 49.6 Å². The second-order valence-electron chi connectivity index (χ2n) is 8.08. The first-order chi connectivity index (χ1) is 16.2. The Morgan fingerprint density at radius 3 is 2.45 bits per heavy atom. The van der Waals surface area contributed by atoms with Crippen molar-refractivity contribution in [2.24, 2.45) is 5.10 Å². The van der Waals surface area contributed by atoms with Crippen LogP contribution in [0.1, 0.15) is 24.2 Å². The molecule has 0 bridgehead atoms. The molecule has 33 heavy (non-hydrogen) atoms. The van der Waals surface area contributed by atoms with Crippen molar-refractivity contribution >= 4 is 35.7 Å². The number of nitrogens with zero attached hydrogens (tertiary/aromatic N) is 6. The molecule has 2 aliphatic heterocycles. The van der Waals surface area contributed by atoms with E-state index in [4.69, 9.17) is 25.7 Å². The fourth-order valence-corrected chi connectivity index (χ4v) is 4.12. The Morgan fingerprint density at radius 2 is 1.70 bits per heavy atom. The van der Waals surface area contributed by atoms with Crippen molar-refractivity contribution in [3.05, 3.63) is 46.7 Å². The van der Waals surface area contributed by atoms with Gasteiger partial charge in [-0.2, -0.15) is 20.1 Å². The fourth-order valence-electron chi connectivity index (χ4n) is 3.95. The zero-order valence-electron chi connectivity index (χ0n) is 18.5. The first-order valence-corrected chi connectivity index (χ1v) is 11.5. The monoisotopic (exact) mass is 467 g/mol. The van der Waals surface area contributed by atoms with Crippen molar-refractivity contribution in [2.75, 3.05) is 54.6 Å². The summed E-state index contributed by atoms with van der Waals surface area (Å²) in [6.45, 7) is 6.76. The third-order valence-corrected chi connectivity index (χ3v) is 5.98. The summed E-state index contributed by atoms with van der Waals surface area (Å²) in [4.78, 5) is 18.2. The van der Waals surface area contributed by atoms with Crippen LogP contribution in [-0.2, 0) is 4.74 Å². The molecule has 1 aromatic carbocycles. The van der Waals surface area contributed by atoms with Gasteiger partial charge in [0, 0.05) is 36.8 Å². The maximum Gasteiger partial charge on any atom is 0.250 e. The summed E-state index contributed by atoms with van der Waals surface area (Å²) in [7, 11) is 0. The second-order valence-corrected chi connectivity index (χ2v) is 8.52. The van der Waals surface area contributed by atoms with Crippen molar-refractivity contribution in [2.45, 2.75) is 19.8 Å². The summed E-state index contributed by atoms with van der Waals surface area (Å²) in [5.41, 5.74) is 4.99. The topological polar surface area (TPSA) is 91.9 Å². The molecule has 2 aliphatic rings. The maximum absolute atomic E-state index is 6.14. The Balaban J connectivity index is 1.34. The van der Waals surface area contributed by atoms with Crippen molar-refractivity contribution in [3.63, 3.8) is 0 Å². The number of ether oxygens (including phenoxy) is 1. The van der Waals surface area contributed by atoms with Gasteiger partial charge in [0.25, 0.3) is 0 Å². The van der Waals surface area contributed by atoms with Gasteiger partial charge in [-0.15, -0.1) is 0 Å². The van der Waals surface area contributed by atoms with Crippen molar-refractivity contribution in [3.8, 4) is 11.3 Å². The zero-order chi connectivity index (χ0) is 22.6. The number of aryl methyl sites for hydroxylation is 1. The van der Waals surface area contributed by atoms with Gasteiger partial charge in [-0.3, -0.25) is 0 Å². The predicted molar refractivity (Wildman–Crippen MR) is 129 cm³/mol. The lowest BCUT2D eigenvalue weighted by Gasteiger charge is -2.27. The smallest absolute Gasteiger partial charge is 0.250 e. The number of rotatable bonds is 6. The van der Waals surface area contributed by atoms with Gasteiger partial charge < -0.3 is 19.0 Å². The second kappa shape index (κ2) is 9.76. The quantitative estimate of drug-likeness (QED) is 0.430. The number of anilines is 3. The molecule has 2 fully saturated rings. The molecule has 0 aliphatic carbocycles. The molecule has 4 heterocycles. The van der Waals surface area contributed by atoms with E-state index in [1.165, 1.54) is 0 Å². The van der Waals surface area contributed by atoms with Gasteiger partial charge >= 0.3 is 0 Å². The first kappa shape index (κ1) is 21.7. The molecule has 2 saturated heterocycles. The van der Waals surface area contributed by atoms with Crippen LogP contribution in [0.5, 0.6) is 0 Å². The highest BCUT2D eigenvalue weighted by atomic mass is 35.5. The number of aromatic nitrogens is 3. The predicted octanol–water partition coefficient (Wildman–Crippen LogP) is 3.98. The molecule has 0 saturated carbocycles. The summed E-state index contributed by atoms with van der Waals surface area (Å²) in [6.07, 6.45) is 3.90. The summed E-state index contributed by atoms with van der Waals surface area (Å²) in [5.74, 6) is 3.08. The van der Waals surface area contributed by atoms with E-state index in [0.29, 0.717) is 41.8 Å². The molecular formula is C23H26ClN7O2. The average Bonchev–Trinajstić information content (AvgIpc) is 3.54. The highest BCUT2D eigenvalue weighted by Gasteiger charge is 2.21. The minimum atomic E-state index is 0.405. The van der Waals surface area contributed by atoms with Gasteiger partial charge in [0.1, 0.15) is 11.5 Å². The van der Waals surface area contributed by atoms with E-state index >= 15 is 0 Å². The molecule has 3 aromatic rings. The highest BCUT2D eigenvalue weighted by Crippen LogP contribution is 2.28. The molecule has 172 valence electrons. The average molecular weight is 468 g/mol. The number of furan rings is 1. The van der Waals surface area contributed by atoms with E-state index in [1.54, 1.807) is 6.21 Å². The third kappa shape index (κ3) is 5.09. The number of morpholine rings is 1. The lowest BCUT2D eigenvalue weighted by atomic mass is 10.1. The van der Waals surface area contributed by atoms with E-state index in [1.807, 2.05) is 37.3 Å². The number of benzene rings is 1. The van der Waals surface area contributed by atoms with E-state index in [-0.39, 0.29) is 0 Å². The van der Waals surface area contributed by atoms with Crippen LogP contribution in [0.15, 0.2) is 39.9 Å². The highest BCUT2D eigenvalue weighted by molar-refractivity contribution is 6.30. The van der Waals surface area contributed by atoms with Crippen LogP contribution in [0.3, 0.4) is 0 Å². The Labute approximate surface area is 197 Å². The zero-order valence-corrected chi connectivity index (χ0v) is 19.3. The minimum absolute atomic E-state index is 0.405. The Kier molecular flexibility index (Phi) is 6.41. The third-order valence-electron chi connectivity index (χ3n) is 5.74. The Bertz CT molecular complexity index is 1140. The van der Waals surface area contributed by atoms with Crippen molar-refractivity contribution < 1.29 is 9.15 Å². The first-order valence-electron chi connectivity index (χ1n) is 11.1. The standard InChI is InChI=1S/C23H26ClN7O2/c1-16-4-5-17(24)14-19(16)20-7-6-18(33-20)15-25-29-21-26-22(30-8-2-3-9-30)28-23(27-21)31-10-12-32-13-11-31/h4-7,14-15H,2-3,8-13H2,1H3,(H,26,27,28,29)/b25-15+. The van der Waals surface area contributed by atoms with E-state index in [9.17, 15) is 0 Å². The van der Waals surface area contributed by atoms with Gasteiger partial charge in [0.05, 0.1) is 19.4 Å². The van der Waals surface area contributed by atoms with Crippen LogP contribution >= 0.6 is 11.6 Å². The molecular weight excluding hydrogens is 442 g/mol. The number of halogens is 1. The molecule has 2 aromatic heterocycles. The van der Waals surface area contributed by atoms with Gasteiger partial charge in [0.15, 0.2) is 0 Å². The SMILES string of the molecule is Cc1ccc(Cl)cc1-c1ccc(/C=N/Nc2nc(N3CCCC3)nc(N3CCOCC3)n2)o1. The molecule has 0 amide bonds. The van der Waals surface area contributed by atoms with Gasteiger partial charge in [-0.25, -0.2) is 5.43 Å². The molecule has 5 rings (SSSR count). The Morgan fingerprint density at radius 1 is 0.970 bits per heavy atom. The normalized spacial score (nSPS) is 16.7. The van der Waals surface area contributed by atoms with Gasteiger partial charge in [-0.1, -0.05) is 17.7 Å². The maximum atomic E-state index is 6.14. The number of nitrogens with one attached hydrogen (secondary N) is 1. The van der Waals surface area contributed by atoms with Crippen molar-refractivity contribution in [1.82, 2.24) is 15.0 Å². The number of hydrogen-bond acceptors (Lipinski definition) is 9. The van der Waals surface area contributed by atoms with E-state index < -0.39 is 0 Å². The van der Waals surface area contributed by atoms with Crippen LogP contribution in [0, 0.1) is 6.92 Å². The van der Waals surface area contributed by atoms with Crippen LogP contribution in [-0.4, -0.2) is 60.6 Å². The molecule has 1 N–H and O–H groups in total. The number of hydrazone groups is 1. The molecule has 9 nitrogen and oxygen atoms in total. The largest absolute Gasteiger partial charge is 0.455 e.